The van der Waals surface area contributed by atoms with E-state index in [0.29, 0.717) is 22.3 Å². The summed E-state index contributed by atoms with van der Waals surface area (Å²) in [5.74, 6) is -0.179. The van der Waals surface area contributed by atoms with Gasteiger partial charge in [-0.1, -0.05) is 29.3 Å². The zero-order chi connectivity index (χ0) is 11.4. The maximum absolute atomic E-state index is 11.5. The van der Waals surface area contributed by atoms with E-state index >= 15 is 0 Å². The predicted molar refractivity (Wildman–Crippen MR) is 63.5 cm³/mol. The molecule has 0 saturated heterocycles. The lowest BCUT2D eigenvalue weighted by molar-refractivity contribution is -0.117. The van der Waals surface area contributed by atoms with E-state index in [1.165, 1.54) is 4.90 Å². The second-order valence-electron chi connectivity index (χ2n) is 2.92. The summed E-state index contributed by atoms with van der Waals surface area (Å²) in [5.41, 5.74) is 5.91. The Balaban J connectivity index is 3.12. The average molecular weight is 247 g/mol. The van der Waals surface area contributed by atoms with Crippen LogP contribution < -0.4 is 10.6 Å². The highest BCUT2D eigenvalue weighted by Gasteiger charge is 2.16. The molecule has 0 spiro atoms. The standard InChI is InChI=1S/C10H12Cl2N2O/c1-2-14(9(15)6-13)8-5-3-4-7(11)10(8)12/h3-5H,2,6,13H2,1H3. The van der Waals surface area contributed by atoms with Crippen LogP contribution in [0.5, 0.6) is 0 Å². The fourth-order valence-corrected chi connectivity index (χ4v) is 1.69. The van der Waals surface area contributed by atoms with Gasteiger partial charge in [-0.3, -0.25) is 4.79 Å². The molecule has 5 heteroatoms. The van der Waals surface area contributed by atoms with E-state index in [9.17, 15) is 4.79 Å². The summed E-state index contributed by atoms with van der Waals surface area (Å²) in [7, 11) is 0. The van der Waals surface area contributed by atoms with Crippen LogP contribution in [0.1, 0.15) is 6.92 Å². The van der Waals surface area contributed by atoms with E-state index in [0.717, 1.165) is 0 Å². The Kier molecular flexibility index (Phi) is 4.39. The lowest BCUT2D eigenvalue weighted by Crippen LogP contribution is -2.36. The van der Waals surface area contributed by atoms with Crippen LogP contribution >= 0.6 is 23.2 Å². The molecule has 0 atom stereocenters. The van der Waals surface area contributed by atoms with Crippen molar-refractivity contribution in [1.82, 2.24) is 0 Å². The van der Waals surface area contributed by atoms with Gasteiger partial charge in [-0.2, -0.15) is 0 Å². The highest BCUT2D eigenvalue weighted by molar-refractivity contribution is 6.44. The van der Waals surface area contributed by atoms with E-state index in [1.807, 2.05) is 6.92 Å². The molecule has 0 aliphatic rings. The number of benzene rings is 1. The van der Waals surface area contributed by atoms with Gasteiger partial charge in [0.1, 0.15) is 0 Å². The second-order valence-corrected chi connectivity index (χ2v) is 3.70. The van der Waals surface area contributed by atoms with Crippen LogP contribution in [0.3, 0.4) is 0 Å². The van der Waals surface area contributed by atoms with Crippen molar-refractivity contribution in [2.45, 2.75) is 6.92 Å². The molecule has 0 aromatic heterocycles. The van der Waals surface area contributed by atoms with Gasteiger partial charge in [0, 0.05) is 6.54 Å². The Morgan fingerprint density at radius 3 is 2.67 bits per heavy atom. The van der Waals surface area contributed by atoms with Crippen LogP contribution in [0.2, 0.25) is 10.0 Å². The first-order valence-electron chi connectivity index (χ1n) is 4.56. The topological polar surface area (TPSA) is 46.3 Å². The van der Waals surface area contributed by atoms with Gasteiger partial charge in [-0.05, 0) is 19.1 Å². The van der Waals surface area contributed by atoms with Crippen LogP contribution in [0, 0.1) is 0 Å². The Labute approximate surface area is 98.8 Å². The van der Waals surface area contributed by atoms with E-state index in [4.69, 9.17) is 28.9 Å². The van der Waals surface area contributed by atoms with E-state index in [-0.39, 0.29) is 12.5 Å². The second kappa shape index (κ2) is 5.35. The number of hydrogen-bond acceptors (Lipinski definition) is 2. The quantitative estimate of drug-likeness (QED) is 0.890. The van der Waals surface area contributed by atoms with Crippen molar-refractivity contribution < 1.29 is 4.79 Å². The number of likely N-dealkylation sites (N-methyl/N-ethyl adjacent to an activating group) is 1. The largest absolute Gasteiger partial charge is 0.322 e. The van der Waals surface area contributed by atoms with Gasteiger partial charge >= 0.3 is 0 Å². The molecule has 1 rings (SSSR count). The predicted octanol–water partition coefficient (Wildman–Crippen LogP) is 2.30. The van der Waals surface area contributed by atoms with E-state index in [2.05, 4.69) is 0 Å². The van der Waals surface area contributed by atoms with E-state index < -0.39 is 0 Å². The van der Waals surface area contributed by atoms with Gasteiger partial charge in [-0.25, -0.2) is 0 Å². The van der Waals surface area contributed by atoms with Crippen molar-refractivity contribution in [3.05, 3.63) is 28.2 Å². The third kappa shape index (κ3) is 2.62. The molecule has 0 heterocycles. The molecule has 1 aromatic carbocycles. The molecule has 1 amide bonds. The Bertz CT molecular complexity index is 368. The number of carbonyl (C=O) groups is 1. The Morgan fingerprint density at radius 1 is 1.47 bits per heavy atom. The molecule has 0 aliphatic heterocycles. The van der Waals surface area contributed by atoms with Gasteiger partial charge in [-0.15, -0.1) is 0 Å². The van der Waals surface area contributed by atoms with Crippen LogP contribution in [0.15, 0.2) is 18.2 Å². The van der Waals surface area contributed by atoms with Crippen LogP contribution in [0.25, 0.3) is 0 Å². The van der Waals surface area contributed by atoms with Crippen LogP contribution in [-0.2, 0) is 4.79 Å². The lowest BCUT2D eigenvalue weighted by atomic mass is 10.2. The van der Waals surface area contributed by atoms with Crippen molar-refractivity contribution in [3.8, 4) is 0 Å². The summed E-state index contributed by atoms with van der Waals surface area (Å²) in [5, 5.41) is 0.806. The molecular weight excluding hydrogens is 235 g/mol. The summed E-state index contributed by atoms with van der Waals surface area (Å²) >= 11 is 11.9. The zero-order valence-corrected chi connectivity index (χ0v) is 9.85. The number of amides is 1. The van der Waals surface area contributed by atoms with Crippen LogP contribution in [0.4, 0.5) is 5.69 Å². The van der Waals surface area contributed by atoms with Crippen molar-refractivity contribution in [1.29, 1.82) is 0 Å². The molecule has 0 aliphatic carbocycles. The Morgan fingerprint density at radius 2 is 2.13 bits per heavy atom. The van der Waals surface area contributed by atoms with Gasteiger partial charge < -0.3 is 10.6 Å². The molecule has 82 valence electrons. The molecule has 0 fully saturated rings. The van der Waals surface area contributed by atoms with Gasteiger partial charge in [0.2, 0.25) is 5.91 Å². The highest BCUT2D eigenvalue weighted by atomic mass is 35.5. The summed E-state index contributed by atoms with van der Waals surface area (Å²) in [6.07, 6.45) is 0. The number of nitrogens with zero attached hydrogens (tertiary/aromatic N) is 1. The molecule has 0 bridgehead atoms. The molecule has 15 heavy (non-hydrogen) atoms. The van der Waals surface area contributed by atoms with Crippen molar-refractivity contribution in [2.75, 3.05) is 18.0 Å². The highest BCUT2D eigenvalue weighted by Crippen LogP contribution is 2.32. The monoisotopic (exact) mass is 246 g/mol. The number of anilines is 1. The van der Waals surface area contributed by atoms with Gasteiger partial charge in [0.05, 0.1) is 22.3 Å². The molecule has 0 radical (unpaired) electrons. The molecule has 3 nitrogen and oxygen atoms in total. The molecule has 0 saturated carbocycles. The molecular formula is C10H12Cl2N2O. The molecule has 2 N–H and O–H groups in total. The smallest absolute Gasteiger partial charge is 0.240 e. The van der Waals surface area contributed by atoms with Crippen molar-refractivity contribution in [3.63, 3.8) is 0 Å². The maximum Gasteiger partial charge on any atom is 0.240 e. The van der Waals surface area contributed by atoms with Crippen molar-refractivity contribution in [2.24, 2.45) is 5.73 Å². The summed E-state index contributed by atoms with van der Waals surface area (Å²) < 4.78 is 0. The summed E-state index contributed by atoms with van der Waals surface area (Å²) in [6, 6.07) is 5.16. The minimum atomic E-state index is -0.179. The minimum Gasteiger partial charge on any atom is -0.322 e. The van der Waals surface area contributed by atoms with Gasteiger partial charge in [0.25, 0.3) is 0 Å². The number of halogens is 2. The lowest BCUT2D eigenvalue weighted by Gasteiger charge is -2.21. The van der Waals surface area contributed by atoms with Crippen molar-refractivity contribution >= 4 is 34.8 Å². The first-order chi connectivity index (χ1) is 7.11. The average Bonchev–Trinajstić information content (AvgIpc) is 2.24. The number of nitrogens with two attached hydrogens (primary N) is 1. The zero-order valence-electron chi connectivity index (χ0n) is 8.34. The minimum absolute atomic E-state index is 0.0450. The maximum atomic E-state index is 11.5. The fraction of sp³-hybridized carbons (Fsp3) is 0.300. The number of rotatable bonds is 3. The molecule has 0 unspecified atom stereocenters. The normalized spacial score (nSPS) is 10.1. The first-order valence-corrected chi connectivity index (χ1v) is 5.31. The summed E-state index contributed by atoms with van der Waals surface area (Å²) in [4.78, 5) is 13.0. The van der Waals surface area contributed by atoms with Crippen LogP contribution in [-0.4, -0.2) is 19.0 Å². The third-order valence-corrected chi connectivity index (χ3v) is 2.82. The number of carbonyl (C=O) groups excluding carboxylic acids is 1. The summed E-state index contributed by atoms with van der Waals surface area (Å²) in [6.45, 7) is 2.32. The Hall–Kier alpha value is -0.770. The number of hydrogen-bond donors (Lipinski definition) is 1. The fourth-order valence-electron chi connectivity index (χ4n) is 1.29. The first kappa shape index (κ1) is 12.3. The third-order valence-electron chi connectivity index (χ3n) is 2.01. The molecule has 1 aromatic rings. The SMILES string of the molecule is CCN(C(=O)CN)c1cccc(Cl)c1Cl. The van der Waals surface area contributed by atoms with E-state index in [1.54, 1.807) is 18.2 Å². The van der Waals surface area contributed by atoms with Gasteiger partial charge in [0.15, 0.2) is 0 Å².